The van der Waals surface area contributed by atoms with Gasteiger partial charge in [-0.25, -0.2) is 4.98 Å². The van der Waals surface area contributed by atoms with Gasteiger partial charge in [-0.15, -0.1) is 0 Å². The lowest BCUT2D eigenvalue weighted by Crippen LogP contribution is -2.37. The Morgan fingerprint density at radius 2 is 2.23 bits per heavy atom. The van der Waals surface area contributed by atoms with Crippen LogP contribution in [0.1, 0.15) is 31.4 Å². The second-order valence-corrected chi connectivity index (χ2v) is 6.08. The van der Waals surface area contributed by atoms with E-state index >= 15 is 0 Å². The predicted molar refractivity (Wildman–Crippen MR) is 86.7 cm³/mol. The summed E-state index contributed by atoms with van der Waals surface area (Å²) >= 11 is 6.04. The molecular formula is C17H18ClN3O. The number of rotatable bonds is 2. The topological polar surface area (TPSA) is 46.1 Å². The van der Waals surface area contributed by atoms with Gasteiger partial charge in [0.15, 0.2) is 0 Å². The fraction of sp³-hybridized carbons (Fsp3) is 0.353. The molecule has 1 atom stereocenters. The summed E-state index contributed by atoms with van der Waals surface area (Å²) in [5, 5.41) is 0.685. The number of nitrogens with zero attached hydrogens (tertiary/aromatic N) is 3. The number of hydrogen-bond donors (Lipinski definition) is 0. The molecule has 2 aromatic rings. The number of amides is 1. The number of hydrogen-bond acceptors (Lipinski definition) is 3. The van der Waals surface area contributed by atoms with Gasteiger partial charge >= 0.3 is 0 Å². The van der Waals surface area contributed by atoms with Crippen LogP contribution in [-0.2, 0) is 4.79 Å². The molecule has 2 heterocycles. The van der Waals surface area contributed by atoms with E-state index in [4.69, 9.17) is 16.6 Å². The van der Waals surface area contributed by atoms with Gasteiger partial charge in [-0.3, -0.25) is 9.78 Å². The fourth-order valence-corrected chi connectivity index (χ4v) is 3.06. The number of carbonyl (C=O) groups is 1. The van der Waals surface area contributed by atoms with Crippen LogP contribution in [0.4, 0.5) is 0 Å². The Morgan fingerprint density at radius 1 is 1.36 bits per heavy atom. The van der Waals surface area contributed by atoms with Crippen molar-refractivity contribution in [3.63, 3.8) is 0 Å². The highest BCUT2D eigenvalue weighted by atomic mass is 35.5. The van der Waals surface area contributed by atoms with E-state index in [0.717, 1.165) is 42.9 Å². The molecule has 4 nitrogen and oxygen atoms in total. The molecule has 1 saturated heterocycles. The van der Waals surface area contributed by atoms with E-state index in [1.54, 1.807) is 13.1 Å². The number of piperidine rings is 1. The lowest BCUT2D eigenvalue weighted by atomic mass is 9.95. The molecule has 1 aromatic heterocycles. The van der Waals surface area contributed by atoms with Crippen molar-refractivity contribution in [2.45, 2.75) is 25.7 Å². The molecule has 1 aromatic carbocycles. The van der Waals surface area contributed by atoms with Gasteiger partial charge in [0.1, 0.15) is 0 Å². The van der Waals surface area contributed by atoms with Crippen LogP contribution < -0.4 is 0 Å². The third-order valence-electron chi connectivity index (χ3n) is 4.06. The first kappa shape index (κ1) is 15.0. The Bertz CT molecular complexity index is 689. The number of aromatic nitrogens is 2. The molecule has 114 valence electrons. The minimum atomic E-state index is 0.128. The van der Waals surface area contributed by atoms with Crippen LogP contribution in [0.15, 0.2) is 36.7 Å². The monoisotopic (exact) mass is 315 g/mol. The predicted octanol–water partition coefficient (Wildman–Crippen LogP) is 3.52. The smallest absolute Gasteiger partial charge is 0.219 e. The van der Waals surface area contributed by atoms with Gasteiger partial charge in [-0.05, 0) is 25.0 Å². The average Bonchev–Trinajstić information content (AvgIpc) is 2.55. The molecule has 5 heteroatoms. The van der Waals surface area contributed by atoms with E-state index in [2.05, 4.69) is 4.98 Å². The van der Waals surface area contributed by atoms with Gasteiger partial charge in [-0.2, -0.15) is 0 Å². The lowest BCUT2D eigenvalue weighted by molar-refractivity contribution is -0.130. The standard InChI is InChI=1S/C17H18ClN3O/c1-12(22)21-7-3-5-14(11-21)17-10-19-9-16(20-17)13-4-2-6-15(18)8-13/h2,4,6,8-10,14H,3,5,7,11H2,1H3. The maximum atomic E-state index is 11.6. The average molecular weight is 316 g/mol. The van der Waals surface area contributed by atoms with Crippen molar-refractivity contribution in [2.75, 3.05) is 13.1 Å². The van der Waals surface area contributed by atoms with Crippen molar-refractivity contribution in [2.24, 2.45) is 0 Å². The van der Waals surface area contributed by atoms with Gasteiger partial charge < -0.3 is 4.90 Å². The van der Waals surface area contributed by atoms with Crippen LogP contribution in [-0.4, -0.2) is 33.9 Å². The highest BCUT2D eigenvalue weighted by molar-refractivity contribution is 6.30. The molecule has 0 N–H and O–H groups in total. The summed E-state index contributed by atoms with van der Waals surface area (Å²) in [6.45, 7) is 3.19. The van der Waals surface area contributed by atoms with E-state index in [1.807, 2.05) is 35.4 Å². The Morgan fingerprint density at radius 3 is 3.00 bits per heavy atom. The van der Waals surface area contributed by atoms with Gasteiger partial charge in [0.25, 0.3) is 0 Å². The second kappa shape index (κ2) is 6.44. The first-order chi connectivity index (χ1) is 10.6. The van der Waals surface area contributed by atoms with Crippen molar-refractivity contribution in [3.8, 4) is 11.3 Å². The van der Waals surface area contributed by atoms with Crippen LogP contribution in [0.5, 0.6) is 0 Å². The molecule has 1 amide bonds. The molecule has 1 aliphatic heterocycles. The van der Waals surface area contributed by atoms with E-state index < -0.39 is 0 Å². The van der Waals surface area contributed by atoms with Crippen molar-refractivity contribution in [1.29, 1.82) is 0 Å². The Kier molecular flexibility index (Phi) is 4.39. The molecule has 1 unspecified atom stereocenters. The van der Waals surface area contributed by atoms with Crippen LogP contribution in [0, 0.1) is 0 Å². The highest BCUT2D eigenvalue weighted by Gasteiger charge is 2.24. The molecule has 0 spiro atoms. The van der Waals surface area contributed by atoms with Gasteiger partial charge in [0.05, 0.1) is 17.6 Å². The molecule has 22 heavy (non-hydrogen) atoms. The Balaban J connectivity index is 1.86. The SMILES string of the molecule is CC(=O)N1CCCC(c2cncc(-c3cccc(Cl)c3)n2)C1. The summed E-state index contributed by atoms with van der Waals surface area (Å²) < 4.78 is 0. The van der Waals surface area contributed by atoms with Crippen LogP contribution in [0.3, 0.4) is 0 Å². The van der Waals surface area contributed by atoms with Crippen molar-refractivity contribution < 1.29 is 4.79 Å². The number of benzene rings is 1. The maximum absolute atomic E-state index is 11.6. The lowest BCUT2D eigenvalue weighted by Gasteiger charge is -2.31. The minimum absolute atomic E-state index is 0.128. The fourth-order valence-electron chi connectivity index (χ4n) is 2.87. The van der Waals surface area contributed by atoms with Crippen LogP contribution in [0.2, 0.25) is 5.02 Å². The number of likely N-dealkylation sites (tertiary alicyclic amines) is 1. The third-order valence-corrected chi connectivity index (χ3v) is 4.29. The van der Waals surface area contributed by atoms with Crippen molar-refractivity contribution in [1.82, 2.24) is 14.9 Å². The first-order valence-corrected chi connectivity index (χ1v) is 7.84. The zero-order valence-corrected chi connectivity index (χ0v) is 13.3. The molecule has 0 radical (unpaired) electrons. The largest absolute Gasteiger partial charge is 0.342 e. The molecular weight excluding hydrogens is 298 g/mol. The van der Waals surface area contributed by atoms with E-state index in [-0.39, 0.29) is 11.8 Å². The maximum Gasteiger partial charge on any atom is 0.219 e. The molecule has 0 saturated carbocycles. The molecule has 3 rings (SSSR count). The van der Waals surface area contributed by atoms with Crippen LogP contribution >= 0.6 is 11.6 Å². The zero-order valence-electron chi connectivity index (χ0n) is 12.5. The van der Waals surface area contributed by atoms with Gasteiger partial charge in [-0.1, -0.05) is 23.7 Å². The quantitative estimate of drug-likeness (QED) is 0.851. The zero-order chi connectivity index (χ0) is 15.5. The van der Waals surface area contributed by atoms with Crippen molar-refractivity contribution >= 4 is 17.5 Å². The Labute approximate surface area is 135 Å². The summed E-state index contributed by atoms with van der Waals surface area (Å²) in [4.78, 5) is 22.5. The van der Waals surface area contributed by atoms with Crippen LogP contribution in [0.25, 0.3) is 11.3 Å². The molecule has 1 aliphatic rings. The summed E-state index contributed by atoms with van der Waals surface area (Å²) in [6.07, 6.45) is 5.61. The van der Waals surface area contributed by atoms with Gasteiger partial charge in [0.2, 0.25) is 5.91 Å². The Hall–Kier alpha value is -1.94. The van der Waals surface area contributed by atoms with Gasteiger partial charge in [0, 0.05) is 42.7 Å². The van der Waals surface area contributed by atoms with Crippen molar-refractivity contribution in [3.05, 3.63) is 47.4 Å². The van der Waals surface area contributed by atoms with E-state index in [0.29, 0.717) is 5.02 Å². The normalized spacial score (nSPS) is 18.3. The van der Waals surface area contributed by atoms with E-state index in [9.17, 15) is 4.79 Å². The van der Waals surface area contributed by atoms with E-state index in [1.165, 1.54) is 0 Å². The third kappa shape index (κ3) is 3.28. The molecule has 0 bridgehead atoms. The first-order valence-electron chi connectivity index (χ1n) is 7.47. The summed E-state index contributed by atoms with van der Waals surface area (Å²) in [6, 6.07) is 7.61. The summed E-state index contributed by atoms with van der Waals surface area (Å²) in [7, 11) is 0. The molecule has 0 aliphatic carbocycles. The second-order valence-electron chi connectivity index (χ2n) is 5.64. The number of carbonyl (C=O) groups excluding carboxylic acids is 1. The molecule has 1 fully saturated rings. The number of halogens is 1. The minimum Gasteiger partial charge on any atom is -0.342 e. The summed E-state index contributed by atoms with van der Waals surface area (Å²) in [5.41, 5.74) is 2.73. The highest BCUT2D eigenvalue weighted by Crippen LogP contribution is 2.27. The summed E-state index contributed by atoms with van der Waals surface area (Å²) in [5.74, 6) is 0.382.